The number of hydrogen-bond acceptors (Lipinski definition) is 3. The first-order valence-corrected chi connectivity index (χ1v) is 4.06. The third-order valence-electron chi connectivity index (χ3n) is 2.20. The number of Topliss-reactive ketones (excluding diaryl/α,β-unsaturated/α-hetero) is 1. The average molecular weight is 202 g/mol. The van der Waals surface area contributed by atoms with Crippen molar-refractivity contribution in [2.75, 3.05) is 0 Å². The van der Waals surface area contributed by atoms with Gasteiger partial charge >= 0.3 is 11.9 Å². The van der Waals surface area contributed by atoms with Crippen LogP contribution in [0.4, 0.5) is 0 Å². The summed E-state index contributed by atoms with van der Waals surface area (Å²) in [7, 11) is 0. The second kappa shape index (κ2) is 3.40. The van der Waals surface area contributed by atoms with E-state index in [9.17, 15) is 14.4 Å². The van der Waals surface area contributed by atoms with E-state index in [1.54, 1.807) is 0 Å². The zero-order valence-corrected chi connectivity index (χ0v) is 8.62. The SMILES string of the molecule is CC(C)(C(=O)O)C(=O)C(C)(C)C(=O)O. The summed E-state index contributed by atoms with van der Waals surface area (Å²) in [6, 6.07) is 0. The van der Waals surface area contributed by atoms with Crippen LogP contribution in [0.5, 0.6) is 0 Å². The lowest BCUT2D eigenvalue weighted by molar-refractivity contribution is -0.162. The normalized spacial score (nSPS) is 12.3. The minimum atomic E-state index is -1.68. The third kappa shape index (κ3) is 1.92. The fourth-order valence-corrected chi connectivity index (χ4v) is 0.975. The van der Waals surface area contributed by atoms with Gasteiger partial charge in [0, 0.05) is 0 Å². The molecule has 0 rings (SSSR count). The van der Waals surface area contributed by atoms with Crippen LogP contribution in [0.25, 0.3) is 0 Å². The van der Waals surface area contributed by atoms with E-state index >= 15 is 0 Å². The van der Waals surface area contributed by atoms with Gasteiger partial charge in [0.2, 0.25) is 0 Å². The molecular formula is C9H14O5. The Morgan fingerprint density at radius 1 is 0.786 bits per heavy atom. The summed E-state index contributed by atoms with van der Waals surface area (Å²) in [6.07, 6.45) is 0. The molecule has 0 bridgehead atoms. The molecule has 0 aliphatic heterocycles. The maximum Gasteiger partial charge on any atom is 0.316 e. The van der Waals surface area contributed by atoms with Crippen LogP contribution in [0.2, 0.25) is 0 Å². The average Bonchev–Trinajstić information content (AvgIpc) is 2.02. The maximum atomic E-state index is 11.6. The van der Waals surface area contributed by atoms with Crippen molar-refractivity contribution in [3.05, 3.63) is 0 Å². The number of carboxylic acid groups (broad SMARTS) is 2. The number of rotatable bonds is 4. The molecule has 0 spiro atoms. The quantitative estimate of drug-likeness (QED) is 0.657. The van der Waals surface area contributed by atoms with Gasteiger partial charge in [-0.1, -0.05) is 0 Å². The highest BCUT2D eigenvalue weighted by Gasteiger charge is 2.48. The van der Waals surface area contributed by atoms with Crippen LogP contribution in [0.3, 0.4) is 0 Å². The van der Waals surface area contributed by atoms with Gasteiger partial charge in [0.15, 0.2) is 5.78 Å². The van der Waals surface area contributed by atoms with Gasteiger partial charge in [-0.15, -0.1) is 0 Å². The highest BCUT2D eigenvalue weighted by molar-refractivity contribution is 6.12. The first-order chi connectivity index (χ1) is 6.04. The summed E-state index contributed by atoms with van der Waals surface area (Å²) in [6.45, 7) is 4.79. The highest BCUT2D eigenvalue weighted by atomic mass is 16.4. The summed E-state index contributed by atoms with van der Waals surface area (Å²) in [4.78, 5) is 33.0. The molecule has 0 saturated carbocycles. The molecule has 5 heteroatoms. The summed E-state index contributed by atoms with van der Waals surface area (Å²) in [5.41, 5.74) is -3.36. The van der Waals surface area contributed by atoms with Crippen molar-refractivity contribution in [2.45, 2.75) is 27.7 Å². The van der Waals surface area contributed by atoms with Crippen LogP contribution in [-0.2, 0) is 14.4 Å². The summed E-state index contributed by atoms with van der Waals surface area (Å²) >= 11 is 0. The predicted molar refractivity (Wildman–Crippen MR) is 47.8 cm³/mol. The first kappa shape index (κ1) is 12.6. The van der Waals surface area contributed by atoms with Crippen molar-refractivity contribution < 1.29 is 24.6 Å². The van der Waals surface area contributed by atoms with Gasteiger partial charge in [0.25, 0.3) is 0 Å². The fraction of sp³-hybridized carbons (Fsp3) is 0.667. The zero-order chi connectivity index (χ0) is 11.7. The molecule has 14 heavy (non-hydrogen) atoms. The number of carbonyl (C=O) groups is 3. The predicted octanol–water partition coefficient (Wildman–Crippen LogP) is 0.777. The highest BCUT2D eigenvalue weighted by Crippen LogP contribution is 2.29. The molecule has 0 radical (unpaired) electrons. The number of hydrogen-bond donors (Lipinski definition) is 2. The molecular weight excluding hydrogens is 188 g/mol. The summed E-state index contributed by atoms with van der Waals surface area (Å²) in [5.74, 6) is -3.46. The van der Waals surface area contributed by atoms with Crippen LogP contribution < -0.4 is 0 Å². The molecule has 80 valence electrons. The molecule has 2 N–H and O–H groups in total. The number of carbonyl (C=O) groups excluding carboxylic acids is 1. The second-order valence-corrected chi connectivity index (χ2v) is 4.19. The van der Waals surface area contributed by atoms with E-state index in [1.807, 2.05) is 0 Å². The molecule has 0 aliphatic rings. The van der Waals surface area contributed by atoms with E-state index in [0.29, 0.717) is 0 Å². The van der Waals surface area contributed by atoms with Gasteiger partial charge in [-0.3, -0.25) is 14.4 Å². The topological polar surface area (TPSA) is 91.7 Å². The van der Waals surface area contributed by atoms with Crippen molar-refractivity contribution in [2.24, 2.45) is 10.8 Å². The zero-order valence-electron chi connectivity index (χ0n) is 8.62. The molecule has 0 atom stereocenters. The van der Waals surface area contributed by atoms with Gasteiger partial charge in [-0.25, -0.2) is 0 Å². The summed E-state index contributed by atoms with van der Waals surface area (Å²) in [5, 5.41) is 17.5. The van der Waals surface area contributed by atoms with Crippen molar-refractivity contribution >= 4 is 17.7 Å². The lowest BCUT2D eigenvalue weighted by atomic mass is 9.73. The van der Waals surface area contributed by atoms with Crippen LogP contribution in [0, 0.1) is 10.8 Å². The van der Waals surface area contributed by atoms with Crippen molar-refractivity contribution in [3.8, 4) is 0 Å². The van der Waals surface area contributed by atoms with Crippen LogP contribution >= 0.6 is 0 Å². The van der Waals surface area contributed by atoms with Crippen molar-refractivity contribution in [1.29, 1.82) is 0 Å². The minimum Gasteiger partial charge on any atom is -0.481 e. The monoisotopic (exact) mass is 202 g/mol. The lowest BCUT2D eigenvalue weighted by Gasteiger charge is -2.26. The van der Waals surface area contributed by atoms with E-state index in [1.165, 1.54) is 27.7 Å². The molecule has 0 aromatic carbocycles. The Morgan fingerprint density at radius 2 is 1.00 bits per heavy atom. The Hall–Kier alpha value is -1.39. The molecule has 0 saturated heterocycles. The van der Waals surface area contributed by atoms with Crippen LogP contribution in [-0.4, -0.2) is 27.9 Å². The molecule has 0 unspecified atom stereocenters. The molecule has 0 heterocycles. The molecule has 0 aromatic rings. The molecule has 0 aliphatic carbocycles. The van der Waals surface area contributed by atoms with Gasteiger partial charge < -0.3 is 10.2 Å². The molecule has 5 nitrogen and oxygen atoms in total. The van der Waals surface area contributed by atoms with Crippen LogP contribution in [0.1, 0.15) is 27.7 Å². The minimum absolute atomic E-state index is 0.815. The second-order valence-electron chi connectivity index (χ2n) is 4.19. The molecule has 0 fully saturated rings. The Balaban J connectivity index is 5.16. The number of aliphatic carboxylic acids is 2. The lowest BCUT2D eigenvalue weighted by Crippen LogP contribution is -2.45. The number of carboxylic acids is 2. The van der Waals surface area contributed by atoms with E-state index < -0.39 is 28.6 Å². The Labute approximate surface area is 81.7 Å². The maximum absolute atomic E-state index is 11.6. The Kier molecular flexibility index (Phi) is 3.06. The fourth-order valence-electron chi connectivity index (χ4n) is 0.975. The first-order valence-electron chi connectivity index (χ1n) is 4.06. The molecule has 0 amide bonds. The summed E-state index contributed by atoms with van der Waals surface area (Å²) < 4.78 is 0. The van der Waals surface area contributed by atoms with Crippen molar-refractivity contribution in [1.82, 2.24) is 0 Å². The van der Waals surface area contributed by atoms with E-state index in [-0.39, 0.29) is 0 Å². The molecule has 0 aromatic heterocycles. The van der Waals surface area contributed by atoms with E-state index in [0.717, 1.165) is 0 Å². The Morgan fingerprint density at radius 3 is 1.14 bits per heavy atom. The van der Waals surface area contributed by atoms with Crippen molar-refractivity contribution in [3.63, 3.8) is 0 Å². The van der Waals surface area contributed by atoms with Gasteiger partial charge in [-0.05, 0) is 27.7 Å². The van der Waals surface area contributed by atoms with E-state index in [2.05, 4.69) is 0 Å². The largest absolute Gasteiger partial charge is 0.481 e. The van der Waals surface area contributed by atoms with Gasteiger partial charge in [-0.2, -0.15) is 0 Å². The van der Waals surface area contributed by atoms with E-state index in [4.69, 9.17) is 10.2 Å². The standard InChI is InChI=1S/C9H14O5/c1-8(2,6(11)12)5(10)9(3,4)7(13)14/h1-4H3,(H,11,12)(H,13,14). The third-order valence-corrected chi connectivity index (χ3v) is 2.20. The number of ketones is 1. The van der Waals surface area contributed by atoms with Crippen LogP contribution in [0.15, 0.2) is 0 Å². The smallest absolute Gasteiger partial charge is 0.316 e. The van der Waals surface area contributed by atoms with Gasteiger partial charge in [0.1, 0.15) is 10.8 Å². The Bertz CT molecular complexity index is 260. The van der Waals surface area contributed by atoms with Gasteiger partial charge in [0.05, 0.1) is 0 Å².